The summed E-state index contributed by atoms with van der Waals surface area (Å²) < 4.78 is 11.9. The Morgan fingerprint density at radius 3 is 2.65 bits per heavy atom. The van der Waals surface area contributed by atoms with E-state index < -0.39 is 6.04 Å². The molecule has 6 heteroatoms. The fraction of sp³-hybridized carbons (Fsp3) is 0.286. The first-order valence-corrected chi connectivity index (χ1v) is 6.07. The smallest absolute Gasteiger partial charge is 0.187 e. The summed E-state index contributed by atoms with van der Waals surface area (Å²) in [7, 11) is 4.83. The molecule has 1 unspecified atom stereocenters. The van der Waals surface area contributed by atoms with Gasteiger partial charge in [0.2, 0.25) is 0 Å². The first-order valence-electron chi connectivity index (χ1n) is 6.07. The number of aryl methyl sites for hydroxylation is 1. The van der Waals surface area contributed by atoms with Crippen LogP contribution in [0.1, 0.15) is 22.0 Å². The second kappa shape index (κ2) is 5.75. The van der Waals surface area contributed by atoms with Gasteiger partial charge in [0.1, 0.15) is 11.5 Å². The lowest BCUT2D eigenvalue weighted by molar-refractivity contribution is 0.0958. The number of ketones is 1. The maximum absolute atomic E-state index is 12.5. The lowest BCUT2D eigenvalue weighted by Crippen LogP contribution is -2.21. The molecule has 1 aromatic heterocycles. The van der Waals surface area contributed by atoms with E-state index in [0.29, 0.717) is 22.6 Å². The van der Waals surface area contributed by atoms with Gasteiger partial charge in [-0.15, -0.1) is 0 Å². The minimum atomic E-state index is -0.772. The van der Waals surface area contributed by atoms with E-state index in [1.807, 2.05) is 0 Å². The molecule has 106 valence electrons. The second-order valence-electron chi connectivity index (χ2n) is 4.36. The molecule has 0 bridgehead atoms. The van der Waals surface area contributed by atoms with E-state index in [9.17, 15) is 4.79 Å². The highest BCUT2D eigenvalue weighted by atomic mass is 16.5. The van der Waals surface area contributed by atoms with E-state index >= 15 is 0 Å². The van der Waals surface area contributed by atoms with Crippen molar-refractivity contribution < 1.29 is 14.3 Å². The van der Waals surface area contributed by atoms with Gasteiger partial charge in [-0.1, -0.05) is 0 Å². The fourth-order valence-corrected chi connectivity index (χ4v) is 1.92. The number of hydrogen-bond donors (Lipinski definition) is 1. The van der Waals surface area contributed by atoms with Crippen molar-refractivity contribution in [2.24, 2.45) is 12.8 Å². The number of nitrogens with zero attached hydrogens (tertiary/aromatic N) is 2. The number of aromatic nitrogens is 2. The Kier molecular flexibility index (Phi) is 4.05. The zero-order valence-corrected chi connectivity index (χ0v) is 11.7. The Bertz CT molecular complexity index is 622. The maximum Gasteiger partial charge on any atom is 0.187 e. The highest BCUT2D eigenvalue weighted by Gasteiger charge is 2.22. The molecule has 1 heterocycles. The van der Waals surface area contributed by atoms with Gasteiger partial charge in [0.05, 0.1) is 32.0 Å². The number of rotatable bonds is 5. The molecule has 0 saturated carbocycles. The molecule has 6 nitrogen and oxygen atoms in total. The highest BCUT2D eigenvalue weighted by molar-refractivity contribution is 6.02. The summed E-state index contributed by atoms with van der Waals surface area (Å²) in [5.74, 6) is 0.833. The van der Waals surface area contributed by atoms with Crippen molar-refractivity contribution in [1.29, 1.82) is 0 Å². The molecular weight excluding hydrogens is 258 g/mol. The SMILES string of the molecule is COc1ccc(C(=O)C(N)c2cnn(C)c2)c(OC)c1. The first-order chi connectivity index (χ1) is 9.56. The lowest BCUT2D eigenvalue weighted by atomic mass is 9.99. The quantitative estimate of drug-likeness (QED) is 0.832. The molecule has 0 aliphatic rings. The van der Waals surface area contributed by atoms with E-state index in [1.165, 1.54) is 7.11 Å². The molecule has 2 aromatic rings. The van der Waals surface area contributed by atoms with Crippen LogP contribution in [0.15, 0.2) is 30.6 Å². The van der Waals surface area contributed by atoms with Gasteiger partial charge in [0, 0.05) is 24.9 Å². The van der Waals surface area contributed by atoms with Crippen molar-refractivity contribution in [2.75, 3.05) is 14.2 Å². The van der Waals surface area contributed by atoms with Crippen molar-refractivity contribution in [3.8, 4) is 11.5 Å². The van der Waals surface area contributed by atoms with Gasteiger partial charge >= 0.3 is 0 Å². The van der Waals surface area contributed by atoms with Crippen molar-refractivity contribution in [1.82, 2.24) is 9.78 Å². The highest BCUT2D eigenvalue weighted by Crippen LogP contribution is 2.27. The number of methoxy groups -OCH3 is 2. The number of hydrogen-bond acceptors (Lipinski definition) is 5. The van der Waals surface area contributed by atoms with Gasteiger partial charge < -0.3 is 15.2 Å². The molecule has 0 spiro atoms. The predicted molar refractivity (Wildman–Crippen MR) is 74.0 cm³/mol. The fourth-order valence-electron chi connectivity index (χ4n) is 1.92. The summed E-state index contributed by atoms with van der Waals surface area (Å²) >= 11 is 0. The molecule has 2 N–H and O–H groups in total. The van der Waals surface area contributed by atoms with Gasteiger partial charge in [-0.2, -0.15) is 5.10 Å². The number of benzene rings is 1. The Morgan fingerprint density at radius 2 is 2.10 bits per heavy atom. The van der Waals surface area contributed by atoms with Crippen LogP contribution in [-0.2, 0) is 7.05 Å². The van der Waals surface area contributed by atoms with Crippen molar-refractivity contribution in [3.63, 3.8) is 0 Å². The van der Waals surface area contributed by atoms with E-state index in [1.54, 1.807) is 49.4 Å². The number of Topliss-reactive ketones (excluding diaryl/α,β-unsaturated/α-hetero) is 1. The molecular formula is C14H17N3O3. The van der Waals surface area contributed by atoms with E-state index in [0.717, 1.165) is 0 Å². The molecule has 0 aliphatic carbocycles. The average molecular weight is 275 g/mol. The van der Waals surface area contributed by atoms with E-state index in [-0.39, 0.29) is 5.78 Å². The van der Waals surface area contributed by atoms with Gasteiger partial charge in [0.25, 0.3) is 0 Å². The number of ether oxygens (including phenoxy) is 2. The summed E-state index contributed by atoms with van der Waals surface area (Å²) in [5.41, 5.74) is 7.07. The molecule has 0 fully saturated rings. The first kappa shape index (κ1) is 14.1. The normalized spacial score (nSPS) is 12.0. The summed E-state index contributed by atoms with van der Waals surface area (Å²) in [6.45, 7) is 0. The second-order valence-corrected chi connectivity index (χ2v) is 4.36. The molecule has 0 radical (unpaired) electrons. The third-order valence-electron chi connectivity index (χ3n) is 3.04. The minimum absolute atomic E-state index is 0.225. The summed E-state index contributed by atoms with van der Waals surface area (Å²) in [6.07, 6.45) is 3.30. The summed E-state index contributed by atoms with van der Waals surface area (Å²) in [5, 5.41) is 4.02. The van der Waals surface area contributed by atoms with Crippen LogP contribution in [0.4, 0.5) is 0 Å². The third-order valence-corrected chi connectivity index (χ3v) is 3.04. The number of carbonyl (C=O) groups excluding carboxylic acids is 1. The zero-order chi connectivity index (χ0) is 14.7. The van der Waals surface area contributed by atoms with Crippen LogP contribution < -0.4 is 15.2 Å². The predicted octanol–water partition coefficient (Wildman–Crippen LogP) is 1.32. The Hall–Kier alpha value is -2.34. The Balaban J connectivity index is 2.33. The van der Waals surface area contributed by atoms with Crippen LogP contribution in [0.2, 0.25) is 0 Å². The van der Waals surface area contributed by atoms with Gasteiger partial charge in [-0.3, -0.25) is 9.48 Å². The molecule has 1 aromatic carbocycles. The largest absolute Gasteiger partial charge is 0.497 e. The number of nitrogens with two attached hydrogens (primary N) is 1. The monoisotopic (exact) mass is 275 g/mol. The van der Waals surface area contributed by atoms with E-state index in [4.69, 9.17) is 15.2 Å². The van der Waals surface area contributed by atoms with E-state index in [2.05, 4.69) is 5.10 Å². The van der Waals surface area contributed by atoms with Crippen LogP contribution in [0.3, 0.4) is 0 Å². The minimum Gasteiger partial charge on any atom is -0.497 e. The molecule has 0 aliphatic heterocycles. The van der Waals surface area contributed by atoms with Crippen LogP contribution in [-0.4, -0.2) is 29.8 Å². The van der Waals surface area contributed by atoms with Gasteiger partial charge in [-0.05, 0) is 12.1 Å². The van der Waals surface area contributed by atoms with Crippen LogP contribution in [0.5, 0.6) is 11.5 Å². The summed E-state index contributed by atoms with van der Waals surface area (Å²) in [4.78, 5) is 12.5. The molecule has 0 saturated heterocycles. The standard InChI is InChI=1S/C14H17N3O3/c1-17-8-9(7-16-17)13(15)14(18)11-5-4-10(19-2)6-12(11)20-3/h4-8,13H,15H2,1-3H3. The maximum atomic E-state index is 12.5. The molecule has 20 heavy (non-hydrogen) atoms. The zero-order valence-electron chi connectivity index (χ0n) is 11.7. The van der Waals surface area contributed by atoms with Crippen LogP contribution in [0, 0.1) is 0 Å². The third kappa shape index (κ3) is 2.65. The topological polar surface area (TPSA) is 79.4 Å². The lowest BCUT2D eigenvalue weighted by Gasteiger charge is -2.13. The molecule has 0 amide bonds. The van der Waals surface area contributed by atoms with Crippen LogP contribution >= 0.6 is 0 Å². The van der Waals surface area contributed by atoms with Crippen LogP contribution in [0.25, 0.3) is 0 Å². The van der Waals surface area contributed by atoms with Gasteiger partial charge in [0.15, 0.2) is 5.78 Å². The van der Waals surface area contributed by atoms with Crippen molar-refractivity contribution in [2.45, 2.75) is 6.04 Å². The van der Waals surface area contributed by atoms with Crippen molar-refractivity contribution >= 4 is 5.78 Å². The Morgan fingerprint density at radius 1 is 1.35 bits per heavy atom. The van der Waals surface area contributed by atoms with Gasteiger partial charge in [-0.25, -0.2) is 0 Å². The molecule has 2 rings (SSSR count). The number of carbonyl (C=O) groups is 1. The van der Waals surface area contributed by atoms with Crippen molar-refractivity contribution in [3.05, 3.63) is 41.7 Å². The Labute approximate surface area is 117 Å². The average Bonchev–Trinajstić information content (AvgIpc) is 2.91. The summed E-state index contributed by atoms with van der Waals surface area (Å²) in [6, 6.07) is 4.23. The molecule has 1 atom stereocenters.